The van der Waals surface area contributed by atoms with Crippen LogP contribution in [0.5, 0.6) is 11.5 Å². The Morgan fingerprint density at radius 2 is 1.80 bits per heavy atom. The number of ether oxygens (including phenoxy) is 2. The van der Waals surface area contributed by atoms with E-state index in [4.69, 9.17) is 60.7 Å². The molecule has 0 atom stereocenters. The second-order valence-corrected chi connectivity index (χ2v) is 7.13. The summed E-state index contributed by atoms with van der Waals surface area (Å²) in [6.45, 7) is 4.58. The predicted molar refractivity (Wildman–Crippen MR) is 106 cm³/mol. The first-order valence-electron chi connectivity index (χ1n) is 7.83. The third-order valence-corrected chi connectivity index (χ3v) is 3.65. The second-order valence-electron chi connectivity index (χ2n) is 5.31. The van der Waals surface area contributed by atoms with Crippen molar-refractivity contribution in [1.82, 2.24) is 0 Å². The summed E-state index contributed by atoms with van der Waals surface area (Å²) in [6.07, 6.45) is 5.96. The molecular formula is C17H21Cl4NO3. The van der Waals surface area contributed by atoms with Crippen molar-refractivity contribution in [3.8, 4) is 11.5 Å². The maximum Gasteiger partial charge on any atom is 0.156 e. The molecule has 0 saturated heterocycles. The van der Waals surface area contributed by atoms with Gasteiger partial charge in [0.1, 0.15) is 23.0 Å². The molecule has 0 amide bonds. The minimum Gasteiger partial charge on any atom is -0.490 e. The first-order chi connectivity index (χ1) is 11.9. The fraction of sp³-hybridized carbons (Fsp3) is 0.471. The molecule has 0 fully saturated rings. The topological polar surface area (TPSA) is 40.0 Å². The van der Waals surface area contributed by atoms with Gasteiger partial charge in [-0.3, -0.25) is 0 Å². The zero-order valence-corrected chi connectivity index (χ0v) is 17.1. The minimum atomic E-state index is 0.0961. The maximum atomic E-state index is 6.19. The largest absolute Gasteiger partial charge is 0.490 e. The summed E-state index contributed by atoms with van der Waals surface area (Å²) < 4.78 is 11.2. The molecule has 0 spiro atoms. The SMILES string of the molecule is CC(C)ON=CCCCCOc1c(Cl)cc(OCC=C(Cl)Cl)cc1Cl. The van der Waals surface area contributed by atoms with Gasteiger partial charge >= 0.3 is 0 Å². The molecule has 0 aromatic heterocycles. The van der Waals surface area contributed by atoms with Gasteiger partial charge in [0, 0.05) is 18.3 Å². The van der Waals surface area contributed by atoms with Gasteiger partial charge in [-0.15, -0.1) is 0 Å². The third-order valence-electron chi connectivity index (χ3n) is 2.78. The van der Waals surface area contributed by atoms with Crippen LogP contribution in [0.15, 0.2) is 27.9 Å². The normalized spacial score (nSPS) is 11.0. The molecule has 1 aromatic carbocycles. The molecule has 0 radical (unpaired) electrons. The fourth-order valence-corrected chi connectivity index (χ4v) is 2.39. The Morgan fingerprint density at radius 3 is 2.40 bits per heavy atom. The molecule has 0 aliphatic rings. The summed E-state index contributed by atoms with van der Waals surface area (Å²) in [5.41, 5.74) is 0. The Kier molecular flexibility index (Phi) is 11.1. The van der Waals surface area contributed by atoms with Crippen LogP contribution in [0.2, 0.25) is 10.0 Å². The van der Waals surface area contributed by atoms with Crippen LogP contribution in [0, 0.1) is 0 Å². The quantitative estimate of drug-likeness (QED) is 0.225. The zero-order valence-electron chi connectivity index (χ0n) is 14.1. The Labute approximate surface area is 168 Å². The number of oxime groups is 1. The van der Waals surface area contributed by atoms with E-state index in [1.807, 2.05) is 13.8 Å². The monoisotopic (exact) mass is 427 g/mol. The maximum absolute atomic E-state index is 6.19. The lowest BCUT2D eigenvalue weighted by atomic mass is 10.2. The van der Waals surface area contributed by atoms with Crippen molar-refractivity contribution in [3.63, 3.8) is 0 Å². The number of hydrogen-bond acceptors (Lipinski definition) is 4. The average Bonchev–Trinajstić information content (AvgIpc) is 2.51. The van der Waals surface area contributed by atoms with Crippen LogP contribution in [-0.2, 0) is 4.84 Å². The number of rotatable bonds is 11. The molecule has 4 nitrogen and oxygen atoms in total. The van der Waals surface area contributed by atoms with Crippen LogP contribution in [0.4, 0.5) is 0 Å². The molecule has 8 heteroatoms. The summed E-state index contributed by atoms with van der Waals surface area (Å²) in [5, 5.41) is 4.63. The van der Waals surface area contributed by atoms with Crippen molar-refractivity contribution < 1.29 is 14.3 Å². The highest BCUT2D eigenvalue weighted by atomic mass is 35.5. The highest BCUT2D eigenvalue weighted by molar-refractivity contribution is 6.55. The van der Waals surface area contributed by atoms with Gasteiger partial charge in [-0.1, -0.05) is 51.6 Å². The van der Waals surface area contributed by atoms with Gasteiger partial charge in [0.15, 0.2) is 5.75 Å². The Bertz CT molecular complexity index is 564. The standard InChI is InChI=1S/C17H21Cl4NO3/c1-12(2)25-22-7-4-3-5-8-24-17-14(18)10-13(11-15(17)19)23-9-6-16(20)21/h6-7,10-12H,3-5,8-9H2,1-2H3. The number of benzene rings is 1. The van der Waals surface area contributed by atoms with Gasteiger partial charge < -0.3 is 14.3 Å². The van der Waals surface area contributed by atoms with E-state index in [9.17, 15) is 0 Å². The van der Waals surface area contributed by atoms with E-state index in [0.29, 0.717) is 28.2 Å². The number of hydrogen-bond donors (Lipinski definition) is 0. The van der Waals surface area contributed by atoms with E-state index in [-0.39, 0.29) is 17.2 Å². The van der Waals surface area contributed by atoms with Crippen molar-refractivity contribution >= 4 is 52.6 Å². The van der Waals surface area contributed by atoms with Crippen molar-refractivity contribution in [3.05, 3.63) is 32.7 Å². The van der Waals surface area contributed by atoms with Crippen LogP contribution in [0.1, 0.15) is 33.1 Å². The summed E-state index contributed by atoms with van der Waals surface area (Å²) >= 11 is 23.4. The van der Waals surface area contributed by atoms with Crippen molar-refractivity contribution in [2.45, 2.75) is 39.2 Å². The molecule has 1 rings (SSSR count). The smallest absolute Gasteiger partial charge is 0.156 e. The van der Waals surface area contributed by atoms with E-state index in [0.717, 1.165) is 19.3 Å². The highest BCUT2D eigenvalue weighted by Crippen LogP contribution is 2.37. The summed E-state index contributed by atoms with van der Waals surface area (Å²) in [7, 11) is 0. The molecule has 0 aliphatic carbocycles. The van der Waals surface area contributed by atoms with E-state index in [2.05, 4.69) is 5.16 Å². The second kappa shape index (κ2) is 12.5. The van der Waals surface area contributed by atoms with Crippen molar-refractivity contribution in [2.75, 3.05) is 13.2 Å². The molecule has 0 N–H and O–H groups in total. The van der Waals surface area contributed by atoms with Gasteiger partial charge in [0.25, 0.3) is 0 Å². The van der Waals surface area contributed by atoms with Gasteiger partial charge in [0.05, 0.1) is 16.7 Å². The highest BCUT2D eigenvalue weighted by Gasteiger charge is 2.10. The van der Waals surface area contributed by atoms with Crippen molar-refractivity contribution in [1.29, 1.82) is 0 Å². The Balaban J connectivity index is 2.38. The summed E-state index contributed by atoms with van der Waals surface area (Å²) in [5.74, 6) is 0.952. The van der Waals surface area contributed by atoms with E-state index < -0.39 is 0 Å². The van der Waals surface area contributed by atoms with Crippen LogP contribution >= 0.6 is 46.4 Å². The third kappa shape index (κ3) is 10.0. The van der Waals surface area contributed by atoms with Gasteiger partial charge in [0.2, 0.25) is 0 Å². The average molecular weight is 429 g/mol. The Hall–Kier alpha value is -0.810. The predicted octanol–water partition coefficient (Wildman–Crippen LogP) is 6.65. The lowest BCUT2D eigenvalue weighted by Gasteiger charge is -2.12. The molecule has 0 saturated carbocycles. The van der Waals surface area contributed by atoms with E-state index in [1.54, 1.807) is 18.3 Å². The molecule has 0 bridgehead atoms. The number of nitrogens with zero attached hydrogens (tertiary/aromatic N) is 1. The fourth-order valence-electron chi connectivity index (χ4n) is 1.69. The minimum absolute atomic E-state index is 0.0961. The van der Waals surface area contributed by atoms with Crippen LogP contribution in [0.3, 0.4) is 0 Å². The van der Waals surface area contributed by atoms with E-state index >= 15 is 0 Å². The van der Waals surface area contributed by atoms with E-state index in [1.165, 1.54) is 6.08 Å². The molecule has 25 heavy (non-hydrogen) atoms. The van der Waals surface area contributed by atoms with Gasteiger partial charge in [-0.25, -0.2) is 0 Å². The van der Waals surface area contributed by atoms with Crippen LogP contribution < -0.4 is 9.47 Å². The first kappa shape index (κ1) is 22.2. The summed E-state index contributed by atoms with van der Waals surface area (Å²) in [6, 6.07) is 3.27. The van der Waals surface area contributed by atoms with Gasteiger partial charge in [-0.2, -0.15) is 0 Å². The molecule has 0 heterocycles. The molecule has 140 valence electrons. The zero-order chi connectivity index (χ0) is 18.7. The van der Waals surface area contributed by atoms with Gasteiger partial charge in [-0.05, 0) is 39.2 Å². The summed E-state index contributed by atoms with van der Waals surface area (Å²) in [4.78, 5) is 5.07. The molecular weight excluding hydrogens is 408 g/mol. The molecule has 0 unspecified atom stereocenters. The van der Waals surface area contributed by atoms with Crippen LogP contribution in [-0.4, -0.2) is 25.5 Å². The number of halogens is 4. The Morgan fingerprint density at radius 1 is 1.12 bits per heavy atom. The lowest BCUT2D eigenvalue weighted by Crippen LogP contribution is -2.00. The first-order valence-corrected chi connectivity index (χ1v) is 9.34. The number of unbranched alkanes of at least 4 members (excludes halogenated alkanes) is 2. The lowest BCUT2D eigenvalue weighted by molar-refractivity contribution is 0.0867. The molecule has 1 aromatic rings. The van der Waals surface area contributed by atoms with Crippen molar-refractivity contribution in [2.24, 2.45) is 5.16 Å². The molecule has 0 aliphatic heterocycles. The van der Waals surface area contributed by atoms with Crippen LogP contribution in [0.25, 0.3) is 0 Å².